The number of piperidine rings is 1. The molecule has 2 aliphatic rings. The normalized spacial score (nSPS) is 30.0. The topological polar surface area (TPSA) is 45.2 Å². The molecule has 2 fully saturated rings. The van der Waals surface area contributed by atoms with Gasteiger partial charge in [-0.2, -0.15) is 15.0 Å². The van der Waals surface area contributed by atoms with Gasteiger partial charge in [0.05, 0.1) is 0 Å². The van der Waals surface area contributed by atoms with Crippen molar-refractivity contribution in [2.75, 3.05) is 29.4 Å². The highest BCUT2D eigenvalue weighted by Crippen LogP contribution is 2.30. The summed E-state index contributed by atoms with van der Waals surface area (Å²) in [6.45, 7) is 9.87. The van der Waals surface area contributed by atoms with Crippen molar-refractivity contribution in [3.05, 3.63) is 5.28 Å². The summed E-state index contributed by atoms with van der Waals surface area (Å²) in [5, 5.41) is 0.306. The van der Waals surface area contributed by atoms with Gasteiger partial charge in [0.1, 0.15) is 0 Å². The molecule has 3 rings (SSSR count). The van der Waals surface area contributed by atoms with Crippen molar-refractivity contribution >= 4 is 23.5 Å². The van der Waals surface area contributed by atoms with Crippen LogP contribution in [0.2, 0.25) is 5.28 Å². The molecule has 0 radical (unpaired) electrons. The summed E-state index contributed by atoms with van der Waals surface area (Å²) in [6.07, 6.45) is 3.66. The first-order valence-corrected chi connectivity index (χ1v) is 8.35. The van der Waals surface area contributed by atoms with Gasteiger partial charge in [-0.05, 0) is 49.6 Å². The van der Waals surface area contributed by atoms with Gasteiger partial charge < -0.3 is 9.80 Å². The molecule has 21 heavy (non-hydrogen) atoms. The van der Waals surface area contributed by atoms with Crippen molar-refractivity contribution in [1.29, 1.82) is 0 Å². The maximum absolute atomic E-state index is 6.15. The van der Waals surface area contributed by atoms with Crippen LogP contribution in [0.4, 0.5) is 11.9 Å². The lowest BCUT2D eigenvalue weighted by Crippen LogP contribution is -2.46. The largest absolute Gasteiger partial charge is 0.341 e. The third-order valence-electron chi connectivity index (χ3n) is 4.83. The molecule has 2 aliphatic heterocycles. The predicted molar refractivity (Wildman–Crippen MR) is 86.0 cm³/mol. The van der Waals surface area contributed by atoms with E-state index in [0.717, 1.165) is 31.5 Å². The van der Waals surface area contributed by atoms with Crippen LogP contribution in [0.3, 0.4) is 0 Å². The van der Waals surface area contributed by atoms with E-state index in [1.54, 1.807) is 0 Å². The van der Waals surface area contributed by atoms with Gasteiger partial charge in [0.25, 0.3) is 0 Å². The first-order chi connectivity index (χ1) is 10.0. The Balaban J connectivity index is 1.90. The van der Waals surface area contributed by atoms with Crippen molar-refractivity contribution in [2.24, 2.45) is 11.8 Å². The number of aromatic nitrogens is 3. The fraction of sp³-hybridized carbons (Fsp3) is 0.800. The van der Waals surface area contributed by atoms with E-state index in [1.165, 1.54) is 19.3 Å². The minimum Gasteiger partial charge on any atom is -0.341 e. The highest BCUT2D eigenvalue weighted by Gasteiger charge is 2.31. The van der Waals surface area contributed by atoms with Gasteiger partial charge in [0.15, 0.2) is 0 Å². The smallest absolute Gasteiger partial charge is 0.231 e. The van der Waals surface area contributed by atoms with Crippen LogP contribution in [0.25, 0.3) is 0 Å². The molecule has 0 saturated carbocycles. The molecule has 1 aromatic heterocycles. The van der Waals surface area contributed by atoms with E-state index in [0.29, 0.717) is 23.2 Å². The summed E-state index contributed by atoms with van der Waals surface area (Å²) < 4.78 is 0. The second-order valence-corrected chi connectivity index (χ2v) is 6.95. The zero-order valence-corrected chi connectivity index (χ0v) is 13.8. The number of hydrogen-bond acceptors (Lipinski definition) is 5. The molecule has 3 unspecified atom stereocenters. The quantitative estimate of drug-likeness (QED) is 0.840. The Morgan fingerprint density at radius 2 is 1.67 bits per heavy atom. The monoisotopic (exact) mass is 309 g/mol. The SMILES string of the molecule is CC1CC(C)C(C)N(c2nc(Cl)nc(N3CCCC3)n2)C1. The molecule has 0 spiro atoms. The predicted octanol–water partition coefficient (Wildman–Crippen LogP) is 3.00. The molecule has 3 heterocycles. The molecule has 5 nitrogen and oxygen atoms in total. The van der Waals surface area contributed by atoms with Gasteiger partial charge in [-0.3, -0.25) is 0 Å². The Hall–Kier alpha value is -1.10. The molecular weight excluding hydrogens is 286 g/mol. The van der Waals surface area contributed by atoms with Crippen LogP contribution in [-0.2, 0) is 0 Å². The molecule has 116 valence electrons. The van der Waals surface area contributed by atoms with E-state index in [9.17, 15) is 0 Å². The summed E-state index contributed by atoms with van der Waals surface area (Å²) in [5.74, 6) is 2.77. The van der Waals surface area contributed by atoms with Gasteiger partial charge in [-0.15, -0.1) is 0 Å². The molecule has 3 atom stereocenters. The summed E-state index contributed by atoms with van der Waals surface area (Å²) >= 11 is 6.15. The van der Waals surface area contributed by atoms with E-state index in [4.69, 9.17) is 16.6 Å². The zero-order valence-electron chi connectivity index (χ0n) is 13.1. The third kappa shape index (κ3) is 3.07. The minimum atomic E-state index is 0.306. The van der Waals surface area contributed by atoms with Crippen LogP contribution >= 0.6 is 11.6 Å². The molecule has 6 heteroatoms. The van der Waals surface area contributed by atoms with Gasteiger partial charge in [-0.1, -0.05) is 13.8 Å². The Labute approximate surface area is 131 Å². The van der Waals surface area contributed by atoms with E-state index < -0.39 is 0 Å². The van der Waals surface area contributed by atoms with E-state index in [1.807, 2.05) is 0 Å². The fourth-order valence-corrected chi connectivity index (χ4v) is 3.65. The average Bonchev–Trinajstić information content (AvgIpc) is 2.96. The number of rotatable bonds is 2. The second-order valence-electron chi connectivity index (χ2n) is 6.61. The van der Waals surface area contributed by atoms with Crippen LogP contribution in [0, 0.1) is 11.8 Å². The average molecular weight is 310 g/mol. The van der Waals surface area contributed by atoms with E-state index in [-0.39, 0.29) is 0 Å². The first kappa shape index (κ1) is 14.8. The van der Waals surface area contributed by atoms with Crippen LogP contribution < -0.4 is 9.80 Å². The molecular formula is C15H24ClN5. The van der Waals surface area contributed by atoms with Crippen LogP contribution in [0.15, 0.2) is 0 Å². The third-order valence-corrected chi connectivity index (χ3v) is 5.00. The van der Waals surface area contributed by atoms with Crippen molar-refractivity contribution in [1.82, 2.24) is 15.0 Å². The minimum absolute atomic E-state index is 0.306. The summed E-state index contributed by atoms with van der Waals surface area (Å²) in [4.78, 5) is 17.9. The molecule has 0 bridgehead atoms. The molecule has 0 N–H and O–H groups in total. The van der Waals surface area contributed by atoms with Gasteiger partial charge in [0.2, 0.25) is 17.2 Å². The van der Waals surface area contributed by atoms with Gasteiger partial charge in [0, 0.05) is 25.7 Å². The molecule has 0 amide bonds. The summed E-state index contributed by atoms with van der Waals surface area (Å²) in [6, 6.07) is 0.436. The fourth-order valence-electron chi connectivity index (χ4n) is 3.50. The van der Waals surface area contributed by atoms with Crippen LogP contribution in [0.1, 0.15) is 40.0 Å². The van der Waals surface area contributed by atoms with Crippen molar-refractivity contribution in [2.45, 2.75) is 46.1 Å². The maximum Gasteiger partial charge on any atom is 0.231 e. The number of anilines is 2. The Kier molecular flexibility index (Phi) is 4.20. The molecule has 0 aromatic carbocycles. The van der Waals surface area contributed by atoms with E-state index >= 15 is 0 Å². The van der Waals surface area contributed by atoms with E-state index in [2.05, 4.69) is 40.5 Å². The number of halogens is 1. The lowest BCUT2D eigenvalue weighted by atomic mass is 9.86. The summed E-state index contributed by atoms with van der Waals surface area (Å²) in [5.41, 5.74) is 0. The van der Waals surface area contributed by atoms with Crippen molar-refractivity contribution in [3.63, 3.8) is 0 Å². The highest BCUT2D eigenvalue weighted by molar-refractivity contribution is 6.28. The number of hydrogen-bond donors (Lipinski definition) is 0. The molecule has 1 aromatic rings. The Bertz CT molecular complexity index is 503. The Morgan fingerprint density at radius 3 is 2.38 bits per heavy atom. The molecule has 2 saturated heterocycles. The number of nitrogens with zero attached hydrogens (tertiary/aromatic N) is 5. The molecule has 0 aliphatic carbocycles. The van der Waals surface area contributed by atoms with Crippen molar-refractivity contribution in [3.8, 4) is 0 Å². The Morgan fingerprint density at radius 1 is 1.00 bits per heavy atom. The first-order valence-electron chi connectivity index (χ1n) is 7.97. The summed E-state index contributed by atoms with van der Waals surface area (Å²) in [7, 11) is 0. The van der Waals surface area contributed by atoms with Gasteiger partial charge >= 0.3 is 0 Å². The zero-order chi connectivity index (χ0) is 15.0. The standard InChI is InChI=1S/C15H24ClN5/c1-10-8-11(2)12(3)21(9-10)15-18-13(16)17-14(19-15)20-6-4-5-7-20/h10-12H,4-9H2,1-3H3. The second kappa shape index (κ2) is 5.95. The maximum atomic E-state index is 6.15. The highest BCUT2D eigenvalue weighted by atomic mass is 35.5. The van der Waals surface area contributed by atoms with Crippen molar-refractivity contribution < 1.29 is 0 Å². The van der Waals surface area contributed by atoms with Gasteiger partial charge in [-0.25, -0.2) is 0 Å². The lowest BCUT2D eigenvalue weighted by Gasteiger charge is -2.41. The van der Waals surface area contributed by atoms with Crippen LogP contribution in [-0.4, -0.2) is 40.6 Å². The lowest BCUT2D eigenvalue weighted by molar-refractivity contribution is 0.293. The van der Waals surface area contributed by atoms with Crippen LogP contribution in [0.5, 0.6) is 0 Å².